The number of halogens is 1. The van der Waals surface area contributed by atoms with Crippen LogP contribution in [0, 0.1) is 0 Å². The molecule has 0 saturated carbocycles. The van der Waals surface area contributed by atoms with E-state index >= 15 is 0 Å². The minimum absolute atomic E-state index is 0. The van der Waals surface area contributed by atoms with E-state index in [0.717, 1.165) is 5.56 Å². The van der Waals surface area contributed by atoms with Gasteiger partial charge in [0.1, 0.15) is 18.2 Å². The first kappa shape index (κ1) is 20.4. The van der Waals surface area contributed by atoms with E-state index in [4.69, 9.17) is 15.2 Å². The van der Waals surface area contributed by atoms with Gasteiger partial charge in [-0.2, -0.15) is 0 Å². The third kappa shape index (κ3) is 8.64. The minimum Gasteiger partial charge on any atom is -0.460 e. The van der Waals surface area contributed by atoms with Crippen LogP contribution < -0.4 is 5.73 Å². The Hall–Kier alpha value is -1.59. The van der Waals surface area contributed by atoms with Gasteiger partial charge in [-0.3, -0.25) is 9.59 Å². The molecule has 0 aliphatic heterocycles. The molecule has 0 bridgehead atoms. The second kappa shape index (κ2) is 9.43. The lowest BCUT2D eigenvalue weighted by Gasteiger charge is -2.20. The van der Waals surface area contributed by atoms with Gasteiger partial charge in [-0.1, -0.05) is 30.3 Å². The summed E-state index contributed by atoms with van der Waals surface area (Å²) in [5, 5.41) is 0. The number of hydrogen-bond acceptors (Lipinski definition) is 5. The maximum atomic E-state index is 11.7. The van der Waals surface area contributed by atoms with Gasteiger partial charge in [0.05, 0.1) is 0 Å². The molecular formula is C16H24ClNO4. The Bertz CT molecular complexity index is 471. The van der Waals surface area contributed by atoms with E-state index in [9.17, 15) is 9.59 Å². The Kier molecular flexibility index (Phi) is 8.75. The molecule has 2 N–H and O–H groups in total. The Labute approximate surface area is 137 Å². The molecule has 6 heteroatoms. The summed E-state index contributed by atoms with van der Waals surface area (Å²) < 4.78 is 10.3. The number of nitrogens with two attached hydrogens (primary N) is 1. The molecule has 0 radical (unpaired) electrons. The molecule has 0 amide bonds. The number of hydrogen-bond donors (Lipinski definition) is 1. The van der Waals surface area contributed by atoms with Crippen LogP contribution in [-0.4, -0.2) is 23.6 Å². The number of benzene rings is 1. The van der Waals surface area contributed by atoms with E-state index < -0.39 is 17.6 Å². The predicted molar refractivity (Wildman–Crippen MR) is 86.5 cm³/mol. The van der Waals surface area contributed by atoms with Crippen LogP contribution in [0.15, 0.2) is 30.3 Å². The fourth-order valence-electron chi connectivity index (χ4n) is 1.62. The first-order chi connectivity index (χ1) is 9.78. The Morgan fingerprint density at radius 3 is 2.32 bits per heavy atom. The summed E-state index contributed by atoms with van der Waals surface area (Å²) in [4.78, 5) is 23.2. The molecule has 0 aliphatic carbocycles. The molecular weight excluding hydrogens is 306 g/mol. The van der Waals surface area contributed by atoms with Gasteiger partial charge in [0.2, 0.25) is 0 Å². The molecule has 1 aromatic rings. The zero-order valence-electron chi connectivity index (χ0n) is 13.2. The lowest BCUT2D eigenvalue weighted by atomic mass is 10.1. The molecule has 0 aliphatic rings. The van der Waals surface area contributed by atoms with Crippen LogP contribution in [-0.2, 0) is 25.7 Å². The van der Waals surface area contributed by atoms with Crippen molar-refractivity contribution in [2.45, 2.75) is 51.9 Å². The van der Waals surface area contributed by atoms with Gasteiger partial charge in [-0.15, -0.1) is 12.4 Å². The molecule has 0 spiro atoms. The lowest BCUT2D eigenvalue weighted by molar-refractivity contribution is -0.155. The van der Waals surface area contributed by atoms with Crippen molar-refractivity contribution in [1.82, 2.24) is 0 Å². The zero-order valence-corrected chi connectivity index (χ0v) is 14.0. The van der Waals surface area contributed by atoms with Crippen LogP contribution in [0.5, 0.6) is 0 Å². The Morgan fingerprint density at radius 2 is 1.77 bits per heavy atom. The smallest absolute Gasteiger partial charge is 0.323 e. The fourth-order valence-corrected chi connectivity index (χ4v) is 1.62. The van der Waals surface area contributed by atoms with Crippen LogP contribution in [0.25, 0.3) is 0 Å². The lowest BCUT2D eigenvalue weighted by Crippen LogP contribution is -2.33. The molecule has 1 rings (SSSR count). The van der Waals surface area contributed by atoms with E-state index in [2.05, 4.69) is 0 Å². The number of ether oxygens (including phenoxy) is 2. The van der Waals surface area contributed by atoms with Gasteiger partial charge < -0.3 is 15.2 Å². The Balaban J connectivity index is 0.00000441. The highest BCUT2D eigenvalue weighted by Crippen LogP contribution is 2.10. The van der Waals surface area contributed by atoms with Crippen LogP contribution in [0.3, 0.4) is 0 Å². The van der Waals surface area contributed by atoms with Crippen molar-refractivity contribution in [1.29, 1.82) is 0 Å². The summed E-state index contributed by atoms with van der Waals surface area (Å²) in [5.74, 6) is -0.878. The van der Waals surface area contributed by atoms with Crippen molar-refractivity contribution in [3.63, 3.8) is 0 Å². The molecule has 0 unspecified atom stereocenters. The quantitative estimate of drug-likeness (QED) is 0.811. The first-order valence-electron chi connectivity index (χ1n) is 6.96. The van der Waals surface area contributed by atoms with Crippen LogP contribution >= 0.6 is 12.4 Å². The maximum absolute atomic E-state index is 11.7. The summed E-state index contributed by atoms with van der Waals surface area (Å²) >= 11 is 0. The Morgan fingerprint density at radius 1 is 1.18 bits per heavy atom. The van der Waals surface area contributed by atoms with Gasteiger partial charge in [-0.25, -0.2) is 0 Å². The average molecular weight is 330 g/mol. The van der Waals surface area contributed by atoms with Gasteiger partial charge >= 0.3 is 11.9 Å². The molecule has 0 heterocycles. The van der Waals surface area contributed by atoms with Crippen molar-refractivity contribution in [2.24, 2.45) is 5.73 Å². The minimum atomic E-state index is -0.818. The molecule has 1 atom stereocenters. The molecule has 22 heavy (non-hydrogen) atoms. The van der Waals surface area contributed by atoms with Crippen molar-refractivity contribution < 1.29 is 19.1 Å². The summed E-state index contributed by atoms with van der Waals surface area (Å²) in [6.45, 7) is 5.55. The van der Waals surface area contributed by atoms with Crippen LogP contribution in [0.1, 0.15) is 39.2 Å². The zero-order chi connectivity index (χ0) is 15.9. The number of carbonyl (C=O) groups is 2. The van der Waals surface area contributed by atoms with Gasteiger partial charge in [0, 0.05) is 6.42 Å². The van der Waals surface area contributed by atoms with Crippen LogP contribution in [0.2, 0.25) is 0 Å². The summed E-state index contributed by atoms with van der Waals surface area (Å²) in [7, 11) is 0. The van der Waals surface area contributed by atoms with Crippen molar-refractivity contribution in [3.05, 3.63) is 35.9 Å². The summed E-state index contributed by atoms with van der Waals surface area (Å²) in [6, 6.07) is 8.52. The predicted octanol–water partition coefficient (Wildman–Crippen LogP) is 2.60. The maximum Gasteiger partial charge on any atom is 0.323 e. The van der Waals surface area contributed by atoms with Crippen molar-refractivity contribution >= 4 is 24.3 Å². The molecule has 0 saturated heterocycles. The van der Waals surface area contributed by atoms with E-state index in [1.807, 2.05) is 30.3 Å². The van der Waals surface area contributed by atoms with Crippen LogP contribution in [0.4, 0.5) is 0 Å². The third-order valence-electron chi connectivity index (χ3n) is 2.61. The summed E-state index contributed by atoms with van der Waals surface area (Å²) in [5.41, 5.74) is 6.07. The molecule has 0 fully saturated rings. The molecule has 124 valence electrons. The van der Waals surface area contributed by atoms with Gasteiger partial charge in [0.15, 0.2) is 0 Å². The van der Waals surface area contributed by atoms with E-state index in [-0.39, 0.29) is 37.8 Å². The average Bonchev–Trinajstić information content (AvgIpc) is 2.41. The van der Waals surface area contributed by atoms with Gasteiger partial charge in [-0.05, 0) is 32.8 Å². The van der Waals surface area contributed by atoms with Crippen molar-refractivity contribution in [3.8, 4) is 0 Å². The monoisotopic (exact) mass is 329 g/mol. The van der Waals surface area contributed by atoms with Crippen molar-refractivity contribution in [2.75, 3.05) is 0 Å². The normalized spacial score (nSPS) is 12.0. The topological polar surface area (TPSA) is 78.6 Å². The number of esters is 2. The van der Waals surface area contributed by atoms with Gasteiger partial charge in [0.25, 0.3) is 0 Å². The summed E-state index contributed by atoms with van der Waals surface area (Å²) in [6.07, 6.45) is 0.307. The highest BCUT2D eigenvalue weighted by molar-refractivity contribution is 5.85. The second-order valence-electron chi connectivity index (χ2n) is 5.82. The molecule has 0 aromatic heterocycles. The second-order valence-corrected chi connectivity index (χ2v) is 5.82. The fraction of sp³-hybridized carbons (Fsp3) is 0.500. The number of carbonyl (C=O) groups excluding carboxylic acids is 2. The first-order valence-corrected chi connectivity index (χ1v) is 6.96. The van der Waals surface area contributed by atoms with E-state index in [0.29, 0.717) is 0 Å². The number of rotatable bonds is 6. The molecule has 1 aromatic carbocycles. The highest BCUT2D eigenvalue weighted by atomic mass is 35.5. The largest absolute Gasteiger partial charge is 0.460 e. The molecule has 5 nitrogen and oxygen atoms in total. The van der Waals surface area contributed by atoms with E-state index in [1.165, 1.54) is 0 Å². The third-order valence-corrected chi connectivity index (χ3v) is 2.61. The SMILES string of the molecule is CC(C)(C)OC(=O)CC[C@@H](N)C(=O)OCc1ccccc1.Cl. The van der Waals surface area contributed by atoms with E-state index in [1.54, 1.807) is 20.8 Å². The standard InChI is InChI=1S/C16H23NO4.ClH/c1-16(2,3)21-14(18)10-9-13(17)15(19)20-11-12-7-5-4-6-8-12;/h4-8,13H,9-11,17H2,1-3H3;1H/t13-;/m1./s1. The highest BCUT2D eigenvalue weighted by Gasteiger charge is 2.20.